The number of anilines is 1. The Kier molecular flexibility index (Phi) is 6.96. The van der Waals surface area contributed by atoms with Gasteiger partial charge < -0.3 is 25.0 Å². The van der Waals surface area contributed by atoms with Gasteiger partial charge in [-0.05, 0) is 50.6 Å². The second kappa shape index (κ2) is 9.25. The molecule has 3 rings (SSSR count). The Labute approximate surface area is 169 Å². The number of likely N-dealkylation sites (N-methyl/N-ethyl adjacent to an activating group) is 1. The average molecular weight is 390 g/mol. The molecule has 0 aliphatic carbocycles. The van der Waals surface area contributed by atoms with Crippen LogP contribution in [0.3, 0.4) is 0 Å². The van der Waals surface area contributed by atoms with E-state index >= 15 is 0 Å². The van der Waals surface area contributed by atoms with Gasteiger partial charge in [-0.25, -0.2) is 0 Å². The van der Waals surface area contributed by atoms with E-state index in [1.54, 1.807) is 0 Å². The first-order valence-electron chi connectivity index (χ1n) is 10.5. The van der Waals surface area contributed by atoms with Gasteiger partial charge in [0.15, 0.2) is 0 Å². The van der Waals surface area contributed by atoms with Gasteiger partial charge in [-0.15, -0.1) is 0 Å². The zero-order chi connectivity index (χ0) is 20.1. The van der Waals surface area contributed by atoms with Gasteiger partial charge in [-0.2, -0.15) is 0 Å². The molecular weight excluding hydrogens is 354 g/mol. The molecule has 2 heterocycles. The van der Waals surface area contributed by atoms with Gasteiger partial charge in [0.1, 0.15) is 0 Å². The van der Waals surface area contributed by atoms with E-state index in [-0.39, 0.29) is 11.5 Å². The van der Waals surface area contributed by atoms with Crippen LogP contribution in [-0.4, -0.2) is 64.4 Å². The Bertz CT molecular complexity index is 663. The molecule has 0 aromatic heterocycles. The topological polar surface area (TPSA) is 68.0 Å². The number of ether oxygens (including phenoxy) is 2. The van der Waals surface area contributed by atoms with E-state index in [9.17, 15) is 4.79 Å². The van der Waals surface area contributed by atoms with Crippen LogP contribution in [0.25, 0.3) is 0 Å². The Morgan fingerprint density at radius 3 is 2.57 bits per heavy atom. The van der Waals surface area contributed by atoms with Gasteiger partial charge in [0.25, 0.3) is 5.91 Å². The first-order valence-corrected chi connectivity index (χ1v) is 10.5. The summed E-state index contributed by atoms with van der Waals surface area (Å²) in [5.41, 5.74) is 8.04. The molecule has 0 saturated carbocycles. The standard InChI is InChI=1S/C22H35N3O3/c1-17-6-10-25(11-7-17)20-16-18(4-5-19(20)21(23)26)22(8-13-27-14-9-22)28-15-12-24(2)3/h4-5,16-17H,6-15H2,1-3H3,(H2,23,26). The first-order chi connectivity index (χ1) is 13.4. The highest BCUT2D eigenvalue weighted by Gasteiger charge is 2.36. The molecule has 1 amide bonds. The molecule has 6 nitrogen and oxygen atoms in total. The number of piperidine rings is 1. The van der Waals surface area contributed by atoms with Crippen LogP contribution in [-0.2, 0) is 15.1 Å². The maximum atomic E-state index is 12.1. The number of nitrogens with zero attached hydrogens (tertiary/aromatic N) is 2. The summed E-state index contributed by atoms with van der Waals surface area (Å²) < 4.78 is 12.1. The minimum absolute atomic E-state index is 0.359. The summed E-state index contributed by atoms with van der Waals surface area (Å²) in [7, 11) is 4.11. The lowest BCUT2D eigenvalue weighted by molar-refractivity contribution is -0.118. The van der Waals surface area contributed by atoms with E-state index in [4.69, 9.17) is 15.2 Å². The van der Waals surface area contributed by atoms with E-state index in [1.165, 1.54) is 0 Å². The number of carbonyl (C=O) groups is 1. The molecule has 1 aromatic rings. The van der Waals surface area contributed by atoms with Crippen molar-refractivity contribution in [2.45, 2.75) is 38.2 Å². The summed E-state index contributed by atoms with van der Waals surface area (Å²) in [5.74, 6) is 0.363. The van der Waals surface area contributed by atoms with Crippen molar-refractivity contribution in [1.29, 1.82) is 0 Å². The molecule has 2 N–H and O–H groups in total. The first kappa shape index (κ1) is 21.1. The molecule has 0 spiro atoms. The molecule has 0 atom stereocenters. The number of carbonyl (C=O) groups excluding carboxylic acids is 1. The van der Waals surface area contributed by atoms with E-state index in [0.29, 0.717) is 25.4 Å². The highest BCUT2D eigenvalue weighted by atomic mass is 16.5. The third-order valence-corrected chi connectivity index (χ3v) is 6.13. The molecule has 0 unspecified atom stereocenters. The van der Waals surface area contributed by atoms with Crippen LogP contribution in [0.5, 0.6) is 0 Å². The van der Waals surface area contributed by atoms with Gasteiger partial charge >= 0.3 is 0 Å². The predicted octanol–water partition coefficient (Wildman–Crippen LogP) is 2.61. The van der Waals surface area contributed by atoms with E-state index < -0.39 is 0 Å². The normalized spacial score (nSPS) is 20.5. The lowest BCUT2D eigenvalue weighted by atomic mass is 9.84. The zero-order valence-electron chi connectivity index (χ0n) is 17.6. The molecule has 2 aliphatic rings. The minimum atomic E-state index is -0.366. The summed E-state index contributed by atoms with van der Waals surface area (Å²) in [6, 6.07) is 6.06. The number of hydrogen-bond donors (Lipinski definition) is 1. The summed E-state index contributed by atoms with van der Waals surface area (Å²) in [6.45, 7) is 7.13. The zero-order valence-corrected chi connectivity index (χ0v) is 17.6. The summed E-state index contributed by atoms with van der Waals surface area (Å²) in [6.07, 6.45) is 3.93. The molecular formula is C22H35N3O3. The molecule has 156 valence electrons. The Morgan fingerprint density at radius 1 is 1.29 bits per heavy atom. The monoisotopic (exact) mass is 389 g/mol. The van der Waals surface area contributed by atoms with Crippen molar-refractivity contribution in [2.24, 2.45) is 11.7 Å². The molecule has 0 radical (unpaired) electrons. The second-order valence-corrected chi connectivity index (χ2v) is 8.52. The second-order valence-electron chi connectivity index (χ2n) is 8.52. The third kappa shape index (κ3) is 4.85. The fraction of sp³-hybridized carbons (Fsp3) is 0.682. The SMILES string of the molecule is CC1CCN(c2cc(C3(OCCN(C)C)CCOCC3)ccc2C(N)=O)CC1. The highest BCUT2D eigenvalue weighted by molar-refractivity contribution is 5.98. The van der Waals surface area contributed by atoms with Crippen LogP contribution in [0.4, 0.5) is 5.69 Å². The summed E-state index contributed by atoms with van der Waals surface area (Å²) in [5, 5.41) is 0. The minimum Gasteiger partial charge on any atom is -0.381 e. The number of rotatable bonds is 7. The highest BCUT2D eigenvalue weighted by Crippen LogP contribution is 2.39. The van der Waals surface area contributed by atoms with Crippen molar-refractivity contribution in [1.82, 2.24) is 4.90 Å². The maximum absolute atomic E-state index is 12.1. The van der Waals surface area contributed by atoms with Crippen LogP contribution in [0.1, 0.15) is 48.5 Å². The summed E-state index contributed by atoms with van der Waals surface area (Å²) in [4.78, 5) is 16.5. The quantitative estimate of drug-likeness (QED) is 0.776. The number of benzene rings is 1. The van der Waals surface area contributed by atoms with Crippen LogP contribution >= 0.6 is 0 Å². The lowest BCUT2D eigenvalue weighted by Crippen LogP contribution is -2.39. The van der Waals surface area contributed by atoms with Crippen molar-refractivity contribution >= 4 is 11.6 Å². The Hall–Kier alpha value is -1.63. The Balaban J connectivity index is 1.91. The van der Waals surface area contributed by atoms with Crippen molar-refractivity contribution in [3.05, 3.63) is 29.3 Å². The molecule has 2 saturated heterocycles. The predicted molar refractivity (Wildman–Crippen MR) is 112 cm³/mol. The van der Waals surface area contributed by atoms with Crippen LogP contribution in [0.15, 0.2) is 18.2 Å². The lowest BCUT2D eigenvalue weighted by Gasteiger charge is -2.39. The van der Waals surface area contributed by atoms with Gasteiger partial charge in [0, 0.05) is 51.4 Å². The van der Waals surface area contributed by atoms with Crippen molar-refractivity contribution in [3.8, 4) is 0 Å². The fourth-order valence-electron chi connectivity index (χ4n) is 4.18. The summed E-state index contributed by atoms with van der Waals surface area (Å²) >= 11 is 0. The van der Waals surface area contributed by atoms with Crippen LogP contribution in [0.2, 0.25) is 0 Å². The molecule has 2 fully saturated rings. The molecule has 6 heteroatoms. The number of amides is 1. The smallest absolute Gasteiger partial charge is 0.250 e. The van der Waals surface area contributed by atoms with E-state index in [0.717, 1.165) is 62.5 Å². The van der Waals surface area contributed by atoms with Crippen molar-refractivity contribution in [3.63, 3.8) is 0 Å². The van der Waals surface area contributed by atoms with Crippen LogP contribution in [0, 0.1) is 5.92 Å². The van der Waals surface area contributed by atoms with Crippen molar-refractivity contribution < 1.29 is 14.3 Å². The molecule has 0 bridgehead atoms. The van der Waals surface area contributed by atoms with Gasteiger partial charge in [-0.3, -0.25) is 4.79 Å². The van der Waals surface area contributed by atoms with E-state index in [1.807, 2.05) is 12.1 Å². The third-order valence-electron chi connectivity index (χ3n) is 6.13. The van der Waals surface area contributed by atoms with Crippen LogP contribution < -0.4 is 10.6 Å². The van der Waals surface area contributed by atoms with Gasteiger partial charge in [-0.1, -0.05) is 13.0 Å². The Morgan fingerprint density at radius 2 is 1.96 bits per heavy atom. The fourth-order valence-corrected chi connectivity index (χ4v) is 4.18. The van der Waals surface area contributed by atoms with Gasteiger partial charge in [0.05, 0.1) is 17.8 Å². The average Bonchev–Trinajstić information content (AvgIpc) is 2.68. The van der Waals surface area contributed by atoms with Crippen molar-refractivity contribution in [2.75, 3.05) is 58.5 Å². The molecule has 1 aromatic carbocycles. The maximum Gasteiger partial charge on any atom is 0.250 e. The van der Waals surface area contributed by atoms with E-state index in [2.05, 4.69) is 36.9 Å². The van der Waals surface area contributed by atoms with Gasteiger partial charge in [0.2, 0.25) is 0 Å². The number of hydrogen-bond acceptors (Lipinski definition) is 5. The number of primary amides is 1. The number of nitrogens with two attached hydrogens (primary N) is 1. The molecule has 2 aliphatic heterocycles. The molecule has 28 heavy (non-hydrogen) atoms. The largest absolute Gasteiger partial charge is 0.381 e.